The van der Waals surface area contributed by atoms with Gasteiger partial charge in [-0.15, -0.1) is 13.2 Å². The van der Waals surface area contributed by atoms with Crippen LogP contribution in [0.4, 0.5) is 13.2 Å². The minimum absolute atomic E-state index is 0.167. The van der Waals surface area contributed by atoms with E-state index in [4.69, 9.17) is 0 Å². The van der Waals surface area contributed by atoms with Crippen LogP contribution < -0.4 is 4.74 Å². The molecule has 7 nitrogen and oxygen atoms in total. The Hall–Kier alpha value is -3.04. The van der Waals surface area contributed by atoms with Crippen molar-refractivity contribution in [1.82, 2.24) is 14.7 Å². The summed E-state index contributed by atoms with van der Waals surface area (Å²) >= 11 is 0. The first-order chi connectivity index (χ1) is 13.8. The van der Waals surface area contributed by atoms with Crippen molar-refractivity contribution in [3.05, 3.63) is 41.7 Å². The van der Waals surface area contributed by atoms with E-state index in [0.717, 1.165) is 24.3 Å². The lowest BCUT2D eigenvalue weighted by atomic mass is 10.1. The summed E-state index contributed by atoms with van der Waals surface area (Å²) in [6.45, 7) is 4.88. The molecule has 29 heavy (non-hydrogen) atoms. The highest BCUT2D eigenvalue weighted by Gasteiger charge is 2.32. The van der Waals surface area contributed by atoms with Crippen LogP contribution in [0, 0.1) is 0 Å². The molecule has 0 spiro atoms. The Morgan fingerprint density at radius 1 is 1.21 bits per heavy atom. The second kappa shape index (κ2) is 7.41. The Labute approximate surface area is 165 Å². The van der Waals surface area contributed by atoms with Gasteiger partial charge in [-0.05, 0) is 25.1 Å². The van der Waals surface area contributed by atoms with Crippen LogP contribution in [0.2, 0.25) is 0 Å². The molecule has 0 bridgehead atoms. The summed E-state index contributed by atoms with van der Waals surface area (Å²) in [5.74, 6) is 0.975. The van der Waals surface area contributed by atoms with Crippen molar-refractivity contribution in [2.75, 3.05) is 32.7 Å². The molecule has 154 valence electrons. The fourth-order valence-corrected chi connectivity index (χ4v) is 3.51. The predicted molar refractivity (Wildman–Crippen MR) is 101 cm³/mol. The topological polar surface area (TPSA) is 60.7 Å². The molecule has 1 aromatic carbocycles. The van der Waals surface area contributed by atoms with Crippen molar-refractivity contribution in [2.24, 2.45) is 9.98 Å². The van der Waals surface area contributed by atoms with E-state index in [9.17, 15) is 18.0 Å². The number of aliphatic imine (C=N–C) groups is 2. The molecule has 1 amide bonds. The molecule has 0 radical (unpaired) electrons. The fourth-order valence-electron chi connectivity index (χ4n) is 3.51. The van der Waals surface area contributed by atoms with Gasteiger partial charge in [0.25, 0.3) is 5.91 Å². The molecule has 3 aliphatic heterocycles. The van der Waals surface area contributed by atoms with E-state index in [-0.39, 0.29) is 11.5 Å². The third-order valence-electron chi connectivity index (χ3n) is 5.03. The summed E-state index contributed by atoms with van der Waals surface area (Å²) in [4.78, 5) is 27.4. The fraction of sp³-hybridized carbons (Fsp3) is 0.421. The Bertz CT molecular complexity index is 888. The zero-order valence-corrected chi connectivity index (χ0v) is 15.8. The number of nitrogens with zero attached hydrogens (tertiary/aromatic N) is 5. The van der Waals surface area contributed by atoms with Gasteiger partial charge in [0.05, 0.1) is 18.9 Å². The third kappa shape index (κ3) is 4.20. The van der Waals surface area contributed by atoms with Crippen molar-refractivity contribution < 1.29 is 22.7 Å². The number of piperazine rings is 1. The number of amides is 1. The lowest BCUT2D eigenvalue weighted by Gasteiger charge is -2.37. The summed E-state index contributed by atoms with van der Waals surface area (Å²) in [5, 5.41) is 0. The van der Waals surface area contributed by atoms with Crippen molar-refractivity contribution in [2.45, 2.75) is 19.3 Å². The van der Waals surface area contributed by atoms with E-state index >= 15 is 0 Å². The maximum absolute atomic E-state index is 12.7. The molecule has 4 rings (SSSR count). The zero-order chi connectivity index (χ0) is 20.6. The molecule has 0 aliphatic carbocycles. The molecule has 0 N–H and O–H groups in total. The SMILES string of the molecule is C[C@@H]1CN=C2C=C(N3CCN(C(=O)c4cccc(OC(F)(F)F)c4)CC3)N=CN21. The molecule has 0 saturated carbocycles. The van der Waals surface area contributed by atoms with Crippen LogP contribution in [0.15, 0.2) is 46.1 Å². The van der Waals surface area contributed by atoms with Crippen LogP contribution >= 0.6 is 0 Å². The van der Waals surface area contributed by atoms with Gasteiger partial charge in [-0.25, -0.2) is 4.99 Å². The molecule has 1 saturated heterocycles. The maximum Gasteiger partial charge on any atom is 0.573 e. The van der Waals surface area contributed by atoms with Crippen LogP contribution in [-0.2, 0) is 0 Å². The van der Waals surface area contributed by atoms with Crippen molar-refractivity contribution in [3.8, 4) is 5.75 Å². The molecular formula is C19H20F3N5O2. The average Bonchev–Trinajstić information content (AvgIpc) is 3.07. The summed E-state index contributed by atoms with van der Waals surface area (Å²) < 4.78 is 41.1. The molecular weight excluding hydrogens is 387 g/mol. The highest BCUT2D eigenvalue weighted by Crippen LogP contribution is 2.24. The second-order valence-electron chi connectivity index (χ2n) is 7.06. The van der Waals surface area contributed by atoms with E-state index in [1.54, 1.807) is 11.2 Å². The minimum atomic E-state index is -4.79. The number of hydrogen-bond donors (Lipinski definition) is 0. The van der Waals surface area contributed by atoms with Gasteiger partial charge in [-0.2, -0.15) is 0 Å². The van der Waals surface area contributed by atoms with Gasteiger partial charge < -0.3 is 19.4 Å². The van der Waals surface area contributed by atoms with Gasteiger partial charge in [0.2, 0.25) is 0 Å². The van der Waals surface area contributed by atoms with Crippen LogP contribution in [0.3, 0.4) is 0 Å². The van der Waals surface area contributed by atoms with E-state index < -0.39 is 12.1 Å². The number of carbonyl (C=O) groups excluding carboxylic acids is 1. The van der Waals surface area contributed by atoms with Crippen LogP contribution in [0.1, 0.15) is 17.3 Å². The molecule has 1 fully saturated rings. The van der Waals surface area contributed by atoms with Crippen molar-refractivity contribution in [3.63, 3.8) is 0 Å². The van der Waals surface area contributed by atoms with E-state index in [0.29, 0.717) is 32.2 Å². The molecule has 3 heterocycles. The molecule has 1 aromatic rings. The van der Waals surface area contributed by atoms with Gasteiger partial charge >= 0.3 is 6.36 Å². The highest BCUT2D eigenvalue weighted by molar-refractivity contribution is 6.03. The number of carbonyl (C=O) groups is 1. The average molecular weight is 407 g/mol. The summed E-state index contributed by atoms with van der Waals surface area (Å²) in [5.41, 5.74) is 0.167. The second-order valence-corrected chi connectivity index (χ2v) is 7.06. The van der Waals surface area contributed by atoms with Gasteiger partial charge in [0, 0.05) is 37.8 Å². The number of ether oxygens (including phenoxy) is 1. The van der Waals surface area contributed by atoms with E-state index in [2.05, 4.69) is 26.5 Å². The van der Waals surface area contributed by atoms with Crippen LogP contribution in [0.5, 0.6) is 5.75 Å². The van der Waals surface area contributed by atoms with Crippen molar-refractivity contribution >= 4 is 18.1 Å². The number of hydrogen-bond acceptors (Lipinski definition) is 6. The Morgan fingerprint density at radius 3 is 2.69 bits per heavy atom. The summed E-state index contributed by atoms with van der Waals surface area (Å²) in [6, 6.07) is 5.45. The lowest BCUT2D eigenvalue weighted by Crippen LogP contribution is -2.48. The first kappa shape index (κ1) is 19.3. The normalized spacial score (nSPS) is 21.7. The molecule has 1 atom stereocenters. The first-order valence-electron chi connectivity index (χ1n) is 9.29. The number of rotatable bonds is 3. The molecule has 10 heteroatoms. The largest absolute Gasteiger partial charge is 0.573 e. The number of fused-ring (bicyclic) bond motifs is 1. The number of amidine groups is 1. The molecule has 0 aromatic heterocycles. The lowest BCUT2D eigenvalue weighted by molar-refractivity contribution is -0.274. The molecule has 0 unspecified atom stereocenters. The Kier molecular flexibility index (Phi) is 4.93. The minimum Gasteiger partial charge on any atom is -0.406 e. The predicted octanol–water partition coefficient (Wildman–Crippen LogP) is 2.33. The number of halogens is 3. The van der Waals surface area contributed by atoms with Crippen LogP contribution in [-0.4, -0.2) is 77.9 Å². The smallest absolute Gasteiger partial charge is 0.406 e. The Morgan fingerprint density at radius 2 is 1.97 bits per heavy atom. The summed E-state index contributed by atoms with van der Waals surface area (Å²) in [6.07, 6.45) is -1.06. The quantitative estimate of drug-likeness (QED) is 0.772. The van der Waals surface area contributed by atoms with Crippen LogP contribution in [0.25, 0.3) is 0 Å². The van der Waals surface area contributed by atoms with E-state index in [1.807, 2.05) is 11.0 Å². The first-order valence-corrected chi connectivity index (χ1v) is 9.29. The highest BCUT2D eigenvalue weighted by atomic mass is 19.4. The number of benzene rings is 1. The van der Waals surface area contributed by atoms with Gasteiger partial charge in [0.15, 0.2) is 0 Å². The van der Waals surface area contributed by atoms with Gasteiger partial charge in [-0.3, -0.25) is 9.79 Å². The monoisotopic (exact) mass is 407 g/mol. The third-order valence-corrected chi connectivity index (χ3v) is 5.03. The maximum atomic E-state index is 12.7. The summed E-state index contributed by atoms with van der Waals surface area (Å²) in [7, 11) is 0. The molecule has 3 aliphatic rings. The number of alkyl halides is 3. The standard InChI is InChI=1S/C19H20F3N5O2/c1-13-11-23-17-10-16(24-12-27(13)17)25-5-7-26(8-6-25)18(28)14-3-2-4-15(9-14)29-19(20,21)22/h2-4,9-10,12-13H,5-8,11H2,1H3/t13-/m1/s1. The Balaban J connectivity index is 1.38. The van der Waals surface area contributed by atoms with Gasteiger partial charge in [-0.1, -0.05) is 6.07 Å². The van der Waals surface area contributed by atoms with E-state index in [1.165, 1.54) is 18.2 Å². The zero-order valence-electron chi connectivity index (χ0n) is 15.8. The van der Waals surface area contributed by atoms with Crippen molar-refractivity contribution in [1.29, 1.82) is 0 Å². The van der Waals surface area contributed by atoms with Gasteiger partial charge in [0.1, 0.15) is 17.4 Å².